The lowest BCUT2D eigenvalue weighted by Crippen LogP contribution is -2.40. The molecule has 0 saturated carbocycles. The second-order valence-electron chi connectivity index (χ2n) is 6.09. The van der Waals surface area contributed by atoms with Crippen LogP contribution in [0.3, 0.4) is 0 Å². The number of aromatic nitrogens is 2. The van der Waals surface area contributed by atoms with Gasteiger partial charge in [-0.3, -0.25) is 4.79 Å². The maximum Gasteiger partial charge on any atom is 0.227 e. The number of aryl methyl sites for hydroxylation is 2. The lowest BCUT2D eigenvalue weighted by molar-refractivity contribution is -0.131. The number of carbonyl (C=O) groups is 1. The average molecular weight is 369 g/mol. The molecule has 0 aliphatic carbocycles. The van der Waals surface area contributed by atoms with Gasteiger partial charge in [-0.1, -0.05) is 17.3 Å². The van der Waals surface area contributed by atoms with E-state index >= 15 is 0 Å². The second kappa shape index (κ2) is 8.40. The molecule has 1 fully saturated rings. The van der Waals surface area contributed by atoms with Crippen LogP contribution in [0.25, 0.3) is 11.4 Å². The van der Waals surface area contributed by atoms with Crippen molar-refractivity contribution in [2.24, 2.45) is 5.73 Å². The highest BCUT2D eigenvalue weighted by molar-refractivity contribution is 5.85. The minimum Gasteiger partial charge on any atom is -0.339 e. The number of hydrogen-bond donors (Lipinski definition) is 1. The molecule has 1 aromatic heterocycles. The summed E-state index contributed by atoms with van der Waals surface area (Å²) < 4.78 is 18.8. The predicted octanol–water partition coefficient (Wildman–Crippen LogP) is 2.49. The van der Waals surface area contributed by atoms with Gasteiger partial charge >= 0.3 is 0 Å². The lowest BCUT2D eigenvalue weighted by Gasteiger charge is -2.23. The number of hydrogen-bond acceptors (Lipinski definition) is 5. The molecule has 1 aliphatic heterocycles. The highest BCUT2D eigenvalue weighted by Crippen LogP contribution is 2.20. The molecule has 1 saturated heterocycles. The molecular formula is C17H22ClFN4O2. The Hall–Kier alpha value is -1.99. The number of nitrogens with zero attached hydrogens (tertiary/aromatic N) is 3. The van der Waals surface area contributed by atoms with Crippen LogP contribution >= 0.6 is 12.4 Å². The standard InChI is InChI=1S/C17H21FN4O2.ClH/c1-11-4-5-12(9-14(11)18)17-20-15(24-21-17)6-7-16(23)22-8-2-3-13(22)10-19;/h4-5,9,13H,2-3,6-8,10,19H2,1H3;1H. The van der Waals surface area contributed by atoms with Gasteiger partial charge in [-0.05, 0) is 31.4 Å². The smallest absolute Gasteiger partial charge is 0.227 e. The van der Waals surface area contributed by atoms with Crippen LogP contribution in [0.1, 0.15) is 30.7 Å². The third-order valence-electron chi connectivity index (χ3n) is 4.42. The number of carbonyl (C=O) groups excluding carboxylic acids is 1. The summed E-state index contributed by atoms with van der Waals surface area (Å²) in [7, 11) is 0. The Balaban J connectivity index is 0.00000225. The minimum atomic E-state index is -0.309. The van der Waals surface area contributed by atoms with Crippen LogP contribution in [-0.4, -0.2) is 40.1 Å². The van der Waals surface area contributed by atoms with E-state index in [1.807, 2.05) is 4.90 Å². The van der Waals surface area contributed by atoms with Gasteiger partial charge in [0.05, 0.1) is 0 Å². The van der Waals surface area contributed by atoms with Crippen molar-refractivity contribution in [3.05, 3.63) is 35.5 Å². The number of likely N-dealkylation sites (tertiary alicyclic amines) is 1. The third kappa shape index (κ3) is 4.35. The molecule has 8 heteroatoms. The van der Waals surface area contributed by atoms with Crippen LogP contribution in [0.2, 0.25) is 0 Å². The zero-order chi connectivity index (χ0) is 17.1. The van der Waals surface area contributed by atoms with Crippen LogP contribution in [0.5, 0.6) is 0 Å². The maximum absolute atomic E-state index is 13.6. The van der Waals surface area contributed by atoms with E-state index in [0.29, 0.717) is 42.2 Å². The van der Waals surface area contributed by atoms with E-state index < -0.39 is 0 Å². The molecule has 136 valence electrons. The van der Waals surface area contributed by atoms with Crippen molar-refractivity contribution in [3.8, 4) is 11.4 Å². The first-order chi connectivity index (χ1) is 11.6. The zero-order valence-corrected chi connectivity index (χ0v) is 14.9. The number of halogens is 2. The van der Waals surface area contributed by atoms with Gasteiger partial charge < -0.3 is 15.2 Å². The van der Waals surface area contributed by atoms with E-state index in [-0.39, 0.29) is 30.2 Å². The van der Waals surface area contributed by atoms with Gasteiger partial charge in [0.2, 0.25) is 17.6 Å². The van der Waals surface area contributed by atoms with Crippen molar-refractivity contribution in [2.75, 3.05) is 13.1 Å². The zero-order valence-electron chi connectivity index (χ0n) is 14.1. The number of amides is 1. The molecule has 0 radical (unpaired) electrons. The number of nitrogens with two attached hydrogens (primary N) is 1. The number of rotatable bonds is 5. The van der Waals surface area contributed by atoms with E-state index in [4.69, 9.17) is 10.3 Å². The fourth-order valence-electron chi connectivity index (χ4n) is 2.97. The van der Waals surface area contributed by atoms with Gasteiger partial charge in [-0.25, -0.2) is 4.39 Å². The van der Waals surface area contributed by atoms with E-state index in [1.54, 1.807) is 19.1 Å². The quantitative estimate of drug-likeness (QED) is 0.876. The molecule has 1 aromatic carbocycles. The van der Waals surface area contributed by atoms with Crippen molar-refractivity contribution >= 4 is 18.3 Å². The molecular weight excluding hydrogens is 347 g/mol. The molecule has 6 nitrogen and oxygen atoms in total. The molecule has 25 heavy (non-hydrogen) atoms. The molecule has 1 aliphatic rings. The third-order valence-corrected chi connectivity index (χ3v) is 4.42. The summed E-state index contributed by atoms with van der Waals surface area (Å²) in [6.07, 6.45) is 2.64. The average Bonchev–Trinajstić information content (AvgIpc) is 3.24. The van der Waals surface area contributed by atoms with E-state index in [0.717, 1.165) is 19.4 Å². The van der Waals surface area contributed by atoms with Crippen LogP contribution in [0.15, 0.2) is 22.7 Å². The molecule has 1 amide bonds. The van der Waals surface area contributed by atoms with E-state index in [9.17, 15) is 9.18 Å². The van der Waals surface area contributed by atoms with Crippen LogP contribution in [0, 0.1) is 12.7 Å². The summed E-state index contributed by atoms with van der Waals surface area (Å²) in [5.41, 5.74) is 6.82. The Bertz CT molecular complexity index is 737. The Morgan fingerprint density at radius 3 is 3.00 bits per heavy atom. The molecule has 1 atom stereocenters. The van der Waals surface area contributed by atoms with Crippen molar-refractivity contribution in [2.45, 2.75) is 38.6 Å². The highest BCUT2D eigenvalue weighted by atomic mass is 35.5. The molecule has 0 bridgehead atoms. The molecule has 3 rings (SSSR count). The molecule has 1 unspecified atom stereocenters. The van der Waals surface area contributed by atoms with Gasteiger partial charge in [0, 0.05) is 37.5 Å². The first kappa shape index (κ1) is 19.3. The van der Waals surface area contributed by atoms with E-state index in [1.165, 1.54) is 6.07 Å². The molecule has 2 aromatic rings. The van der Waals surface area contributed by atoms with Crippen molar-refractivity contribution in [3.63, 3.8) is 0 Å². The van der Waals surface area contributed by atoms with Crippen LogP contribution in [-0.2, 0) is 11.2 Å². The molecule has 2 heterocycles. The Morgan fingerprint density at radius 1 is 1.48 bits per heavy atom. The van der Waals surface area contributed by atoms with Gasteiger partial charge in [-0.2, -0.15) is 4.98 Å². The Labute approximate surface area is 152 Å². The Morgan fingerprint density at radius 2 is 2.28 bits per heavy atom. The van der Waals surface area contributed by atoms with Gasteiger partial charge in [-0.15, -0.1) is 12.4 Å². The van der Waals surface area contributed by atoms with Crippen LogP contribution in [0.4, 0.5) is 4.39 Å². The normalized spacial score (nSPS) is 16.8. The first-order valence-corrected chi connectivity index (χ1v) is 8.17. The minimum absolute atomic E-state index is 0. The number of benzene rings is 1. The van der Waals surface area contributed by atoms with Gasteiger partial charge in [0.1, 0.15) is 5.82 Å². The summed E-state index contributed by atoms with van der Waals surface area (Å²) in [6.45, 7) is 2.95. The van der Waals surface area contributed by atoms with Crippen molar-refractivity contribution < 1.29 is 13.7 Å². The fourth-order valence-corrected chi connectivity index (χ4v) is 2.97. The monoisotopic (exact) mass is 368 g/mol. The topological polar surface area (TPSA) is 85.2 Å². The first-order valence-electron chi connectivity index (χ1n) is 8.17. The predicted molar refractivity (Wildman–Crippen MR) is 93.8 cm³/mol. The van der Waals surface area contributed by atoms with Gasteiger partial charge in [0.15, 0.2) is 0 Å². The summed E-state index contributed by atoms with van der Waals surface area (Å²) in [4.78, 5) is 18.4. The summed E-state index contributed by atoms with van der Waals surface area (Å²) in [6, 6.07) is 4.94. The van der Waals surface area contributed by atoms with Crippen molar-refractivity contribution in [1.82, 2.24) is 15.0 Å². The Kier molecular flexibility index (Phi) is 6.50. The highest BCUT2D eigenvalue weighted by Gasteiger charge is 2.27. The van der Waals surface area contributed by atoms with Crippen molar-refractivity contribution in [1.29, 1.82) is 0 Å². The van der Waals surface area contributed by atoms with E-state index in [2.05, 4.69) is 10.1 Å². The largest absolute Gasteiger partial charge is 0.339 e. The second-order valence-corrected chi connectivity index (χ2v) is 6.09. The summed E-state index contributed by atoms with van der Waals surface area (Å²) in [5.74, 6) is 0.458. The summed E-state index contributed by atoms with van der Waals surface area (Å²) >= 11 is 0. The lowest BCUT2D eigenvalue weighted by atomic mass is 10.1. The van der Waals surface area contributed by atoms with Crippen LogP contribution < -0.4 is 5.73 Å². The fraction of sp³-hybridized carbons (Fsp3) is 0.471. The van der Waals surface area contributed by atoms with Gasteiger partial charge in [0.25, 0.3) is 0 Å². The molecule has 2 N–H and O–H groups in total. The molecule has 0 spiro atoms. The maximum atomic E-state index is 13.6. The SMILES string of the molecule is Cc1ccc(-c2noc(CCC(=O)N3CCCC3CN)n2)cc1F.Cl. The summed E-state index contributed by atoms with van der Waals surface area (Å²) in [5, 5.41) is 3.87.